The van der Waals surface area contributed by atoms with Crippen molar-refractivity contribution in [3.63, 3.8) is 0 Å². The number of hydrogen-bond donors (Lipinski definition) is 1. The van der Waals surface area contributed by atoms with Crippen molar-refractivity contribution in [2.24, 2.45) is 0 Å². The fraction of sp³-hybridized carbons (Fsp3) is 0.545. The van der Waals surface area contributed by atoms with Crippen molar-refractivity contribution in [3.05, 3.63) is 18.3 Å². The number of likely N-dealkylation sites (N-methyl/N-ethyl adjacent to an activating group) is 1. The summed E-state index contributed by atoms with van der Waals surface area (Å²) in [6.07, 6.45) is 3.07. The van der Waals surface area contributed by atoms with E-state index in [2.05, 4.69) is 21.8 Å². The highest BCUT2D eigenvalue weighted by molar-refractivity contribution is 5.48. The summed E-state index contributed by atoms with van der Waals surface area (Å²) < 4.78 is 0. The number of rotatable bonds is 1. The van der Waals surface area contributed by atoms with Gasteiger partial charge in [0.05, 0.1) is 11.9 Å². The van der Waals surface area contributed by atoms with Gasteiger partial charge in [-0.25, -0.2) is 4.98 Å². The van der Waals surface area contributed by atoms with Gasteiger partial charge >= 0.3 is 0 Å². The van der Waals surface area contributed by atoms with E-state index in [-0.39, 0.29) is 1.43 Å². The van der Waals surface area contributed by atoms with Gasteiger partial charge in [0.2, 0.25) is 0 Å². The first-order valence-electron chi connectivity index (χ1n) is 5.41. The monoisotopic (exact) mass is 208 g/mol. The standard InChI is InChI=1S/C11H18N4.H2/c1-14-5-2-6-15(8-7-14)10-3-4-11(12)13-9-10;/h3-4,9H,2,5-8H2,1H3,(H2,12,13);1H. The first-order valence-corrected chi connectivity index (χ1v) is 5.41. The van der Waals surface area contributed by atoms with Crippen molar-refractivity contribution < 1.29 is 1.43 Å². The highest BCUT2D eigenvalue weighted by Gasteiger charge is 2.12. The van der Waals surface area contributed by atoms with E-state index in [0.29, 0.717) is 5.82 Å². The third kappa shape index (κ3) is 2.59. The molecule has 0 unspecified atom stereocenters. The van der Waals surface area contributed by atoms with Crippen LogP contribution in [-0.2, 0) is 0 Å². The van der Waals surface area contributed by atoms with Crippen molar-refractivity contribution in [1.29, 1.82) is 0 Å². The average Bonchev–Trinajstić information content (AvgIpc) is 2.44. The molecule has 1 saturated heterocycles. The molecule has 1 fully saturated rings. The van der Waals surface area contributed by atoms with Crippen molar-refractivity contribution in [3.8, 4) is 0 Å². The maximum atomic E-state index is 5.57. The zero-order valence-corrected chi connectivity index (χ0v) is 9.19. The summed E-state index contributed by atoms with van der Waals surface area (Å²) in [6.45, 7) is 4.47. The summed E-state index contributed by atoms with van der Waals surface area (Å²) in [7, 11) is 2.17. The van der Waals surface area contributed by atoms with Crippen molar-refractivity contribution in [2.75, 3.05) is 43.9 Å². The lowest BCUT2D eigenvalue weighted by Gasteiger charge is -2.22. The normalized spacial score (nSPS) is 18.9. The van der Waals surface area contributed by atoms with Crippen molar-refractivity contribution in [1.82, 2.24) is 9.88 Å². The van der Waals surface area contributed by atoms with Gasteiger partial charge in [0.25, 0.3) is 0 Å². The lowest BCUT2D eigenvalue weighted by atomic mass is 10.3. The van der Waals surface area contributed by atoms with E-state index in [0.717, 1.165) is 19.6 Å². The number of anilines is 2. The molecule has 0 bridgehead atoms. The Morgan fingerprint density at radius 3 is 2.87 bits per heavy atom. The number of aromatic nitrogens is 1. The van der Waals surface area contributed by atoms with Crippen LogP contribution in [0.2, 0.25) is 0 Å². The quantitative estimate of drug-likeness (QED) is 0.749. The molecule has 4 nitrogen and oxygen atoms in total. The molecule has 1 aromatic rings. The van der Waals surface area contributed by atoms with Gasteiger partial charge in [-0.2, -0.15) is 0 Å². The van der Waals surface area contributed by atoms with Gasteiger partial charge in [-0.1, -0.05) is 0 Å². The van der Waals surface area contributed by atoms with Crippen LogP contribution in [0.5, 0.6) is 0 Å². The zero-order valence-electron chi connectivity index (χ0n) is 9.19. The molecule has 0 aliphatic carbocycles. The molecule has 0 saturated carbocycles. The van der Waals surface area contributed by atoms with E-state index in [1.165, 1.54) is 18.7 Å². The lowest BCUT2D eigenvalue weighted by molar-refractivity contribution is 0.360. The molecule has 0 amide bonds. The first-order chi connectivity index (χ1) is 7.25. The van der Waals surface area contributed by atoms with E-state index in [4.69, 9.17) is 5.73 Å². The summed E-state index contributed by atoms with van der Waals surface area (Å²) >= 11 is 0. The van der Waals surface area contributed by atoms with Crippen LogP contribution < -0.4 is 10.6 Å². The Morgan fingerprint density at radius 2 is 2.13 bits per heavy atom. The third-order valence-electron chi connectivity index (χ3n) is 2.86. The summed E-state index contributed by atoms with van der Waals surface area (Å²) in [5.41, 5.74) is 6.75. The average molecular weight is 208 g/mol. The zero-order chi connectivity index (χ0) is 10.7. The molecule has 1 aromatic heterocycles. The molecule has 15 heavy (non-hydrogen) atoms. The Bertz CT molecular complexity index is 314. The fourth-order valence-electron chi connectivity index (χ4n) is 1.89. The summed E-state index contributed by atoms with van der Waals surface area (Å²) in [4.78, 5) is 8.86. The maximum Gasteiger partial charge on any atom is 0.123 e. The van der Waals surface area contributed by atoms with E-state index >= 15 is 0 Å². The van der Waals surface area contributed by atoms with E-state index in [1.54, 1.807) is 0 Å². The van der Waals surface area contributed by atoms with Crippen molar-refractivity contribution >= 4 is 11.5 Å². The molecular formula is C11H20N4. The summed E-state index contributed by atoms with van der Waals surface area (Å²) in [5.74, 6) is 0.589. The third-order valence-corrected chi connectivity index (χ3v) is 2.86. The van der Waals surface area contributed by atoms with Crippen LogP contribution in [0.15, 0.2) is 18.3 Å². The fourth-order valence-corrected chi connectivity index (χ4v) is 1.89. The van der Waals surface area contributed by atoms with Gasteiger partial charge in [-0.3, -0.25) is 0 Å². The number of nitrogens with zero attached hydrogens (tertiary/aromatic N) is 3. The molecular weight excluding hydrogens is 188 g/mol. The summed E-state index contributed by atoms with van der Waals surface area (Å²) in [6, 6.07) is 3.91. The largest absolute Gasteiger partial charge is 0.384 e. The van der Waals surface area contributed by atoms with Gasteiger partial charge in [0.15, 0.2) is 0 Å². The molecule has 0 spiro atoms. The van der Waals surface area contributed by atoms with Crippen LogP contribution in [0.1, 0.15) is 7.85 Å². The van der Waals surface area contributed by atoms with Gasteiger partial charge < -0.3 is 15.5 Å². The smallest absolute Gasteiger partial charge is 0.123 e. The van der Waals surface area contributed by atoms with Crippen LogP contribution in [0.25, 0.3) is 0 Å². The second-order valence-electron chi connectivity index (χ2n) is 4.09. The van der Waals surface area contributed by atoms with E-state index in [9.17, 15) is 0 Å². The molecule has 0 atom stereocenters. The van der Waals surface area contributed by atoms with Gasteiger partial charge in [0, 0.05) is 21.1 Å². The highest BCUT2D eigenvalue weighted by Crippen LogP contribution is 2.15. The molecule has 2 heterocycles. The van der Waals surface area contributed by atoms with Gasteiger partial charge in [-0.15, -0.1) is 0 Å². The van der Waals surface area contributed by atoms with Crippen LogP contribution in [0.4, 0.5) is 11.5 Å². The predicted octanol–water partition coefficient (Wildman–Crippen LogP) is 1.05. The topological polar surface area (TPSA) is 45.4 Å². The molecule has 1 aliphatic heterocycles. The Kier molecular flexibility index (Phi) is 3.06. The van der Waals surface area contributed by atoms with Crippen LogP contribution >= 0.6 is 0 Å². The number of pyridine rings is 1. The molecule has 2 N–H and O–H groups in total. The number of nitrogen functional groups attached to an aromatic ring is 1. The minimum absolute atomic E-state index is 0. The number of nitrogens with two attached hydrogens (primary N) is 1. The Morgan fingerprint density at radius 1 is 1.27 bits per heavy atom. The maximum absolute atomic E-state index is 5.57. The Balaban J connectivity index is 0.00000128. The second kappa shape index (κ2) is 4.49. The van der Waals surface area contributed by atoms with E-state index in [1.807, 2.05) is 18.3 Å². The van der Waals surface area contributed by atoms with Crippen molar-refractivity contribution in [2.45, 2.75) is 6.42 Å². The van der Waals surface area contributed by atoms with E-state index < -0.39 is 0 Å². The van der Waals surface area contributed by atoms with Gasteiger partial charge in [-0.05, 0) is 32.1 Å². The summed E-state index contributed by atoms with van der Waals surface area (Å²) in [5, 5.41) is 0. The molecule has 84 valence electrons. The Labute approximate surface area is 92.2 Å². The Hall–Kier alpha value is -1.29. The van der Waals surface area contributed by atoms with Crippen LogP contribution in [0.3, 0.4) is 0 Å². The molecule has 0 aromatic carbocycles. The lowest BCUT2D eigenvalue weighted by Crippen LogP contribution is -2.28. The minimum atomic E-state index is 0. The molecule has 0 radical (unpaired) electrons. The SMILES string of the molecule is CN1CCCN(c2ccc(N)nc2)CC1.[HH]. The van der Waals surface area contributed by atoms with Crippen LogP contribution in [0, 0.1) is 0 Å². The minimum Gasteiger partial charge on any atom is -0.384 e. The predicted molar refractivity (Wildman–Crippen MR) is 65.1 cm³/mol. The molecule has 2 rings (SSSR count). The first kappa shape index (κ1) is 10.2. The van der Waals surface area contributed by atoms with Crippen LogP contribution in [-0.4, -0.2) is 43.1 Å². The highest BCUT2D eigenvalue weighted by atomic mass is 15.2. The second-order valence-corrected chi connectivity index (χ2v) is 4.09. The molecule has 1 aliphatic rings. The van der Waals surface area contributed by atoms with Gasteiger partial charge in [0.1, 0.15) is 5.82 Å². The number of hydrogen-bond acceptors (Lipinski definition) is 4. The molecule has 4 heteroatoms.